The van der Waals surface area contributed by atoms with Gasteiger partial charge in [0, 0.05) is 6.04 Å². The van der Waals surface area contributed by atoms with Crippen LogP contribution in [-0.4, -0.2) is 6.04 Å². The molecule has 0 fully saturated rings. The van der Waals surface area contributed by atoms with Gasteiger partial charge in [-0.3, -0.25) is 0 Å². The molecule has 1 unspecified atom stereocenters. The van der Waals surface area contributed by atoms with E-state index in [4.69, 9.17) is 5.26 Å². The van der Waals surface area contributed by atoms with Gasteiger partial charge in [-0.1, -0.05) is 55.5 Å². The lowest BCUT2D eigenvalue weighted by molar-refractivity contribution is 0.468. The lowest BCUT2D eigenvalue weighted by Gasteiger charge is -2.21. The van der Waals surface area contributed by atoms with E-state index in [9.17, 15) is 0 Å². The quantitative estimate of drug-likeness (QED) is 0.902. The third-order valence-corrected chi connectivity index (χ3v) is 4.07. The molecule has 0 aromatic heterocycles. The van der Waals surface area contributed by atoms with E-state index in [-0.39, 0.29) is 12.1 Å². The lowest BCUT2D eigenvalue weighted by atomic mass is 10.0. The molecule has 1 N–H and O–H groups in total. The first kappa shape index (κ1) is 12.9. The highest BCUT2D eigenvalue weighted by Crippen LogP contribution is 2.43. The van der Waals surface area contributed by atoms with Gasteiger partial charge in [0.05, 0.1) is 18.5 Å². The van der Waals surface area contributed by atoms with Crippen LogP contribution >= 0.6 is 0 Å². The smallest absolute Gasteiger partial charge is 0.0638 e. The molecule has 0 saturated carbocycles. The zero-order valence-corrected chi connectivity index (χ0v) is 11.6. The second kappa shape index (κ2) is 5.48. The van der Waals surface area contributed by atoms with E-state index in [1.54, 1.807) is 0 Å². The van der Waals surface area contributed by atoms with Gasteiger partial charge in [0.15, 0.2) is 0 Å². The lowest BCUT2D eigenvalue weighted by Crippen LogP contribution is -2.31. The first-order chi connectivity index (χ1) is 9.85. The van der Waals surface area contributed by atoms with Crippen molar-refractivity contribution in [3.63, 3.8) is 0 Å². The summed E-state index contributed by atoms with van der Waals surface area (Å²) in [6.45, 7) is 2.13. The summed E-state index contributed by atoms with van der Waals surface area (Å²) in [4.78, 5) is 0. The number of nitrogens with one attached hydrogen (secondary N) is 1. The number of benzene rings is 2. The van der Waals surface area contributed by atoms with Crippen molar-refractivity contribution in [3.05, 3.63) is 59.7 Å². The molecule has 1 atom stereocenters. The first-order valence-corrected chi connectivity index (χ1v) is 7.16. The highest BCUT2D eigenvalue weighted by molar-refractivity contribution is 5.78. The number of fused-ring (bicyclic) bond motifs is 3. The third-order valence-electron chi connectivity index (χ3n) is 4.07. The minimum Gasteiger partial charge on any atom is -0.302 e. The van der Waals surface area contributed by atoms with E-state index in [1.807, 2.05) is 0 Å². The highest BCUT2D eigenvalue weighted by atomic mass is 15.0. The predicted octanol–water partition coefficient (Wildman–Crippen LogP) is 4.04. The molecule has 0 spiro atoms. The Morgan fingerprint density at radius 2 is 1.60 bits per heavy atom. The van der Waals surface area contributed by atoms with Crippen molar-refractivity contribution >= 4 is 0 Å². The van der Waals surface area contributed by atoms with Gasteiger partial charge in [-0.05, 0) is 28.7 Å². The van der Waals surface area contributed by atoms with Crippen LogP contribution in [0, 0.1) is 11.3 Å². The van der Waals surface area contributed by atoms with Crippen molar-refractivity contribution in [2.75, 3.05) is 0 Å². The molecule has 1 aliphatic carbocycles. The topological polar surface area (TPSA) is 35.8 Å². The van der Waals surface area contributed by atoms with Crippen LogP contribution in [0.4, 0.5) is 0 Å². The molecule has 0 radical (unpaired) electrons. The van der Waals surface area contributed by atoms with Gasteiger partial charge < -0.3 is 5.32 Å². The van der Waals surface area contributed by atoms with Gasteiger partial charge in [-0.25, -0.2) is 0 Å². The molecule has 0 amide bonds. The Labute approximate surface area is 120 Å². The third kappa shape index (κ3) is 2.11. The Kier molecular flexibility index (Phi) is 3.54. The fourth-order valence-electron chi connectivity index (χ4n) is 3.00. The molecule has 20 heavy (non-hydrogen) atoms. The molecule has 2 heteroatoms. The molecule has 2 nitrogen and oxygen atoms in total. The normalized spacial score (nSPS) is 14.4. The predicted molar refractivity (Wildman–Crippen MR) is 81.2 cm³/mol. The SMILES string of the molecule is CCC(CC#N)NC1c2ccccc2-c2ccccc21. The Bertz CT molecular complexity index is 609. The summed E-state index contributed by atoms with van der Waals surface area (Å²) in [5.41, 5.74) is 5.27. The van der Waals surface area contributed by atoms with Crippen molar-refractivity contribution in [1.29, 1.82) is 5.26 Å². The van der Waals surface area contributed by atoms with Gasteiger partial charge >= 0.3 is 0 Å². The van der Waals surface area contributed by atoms with E-state index in [2.05, 4.69) is 66.8 Å². The van der Waals surface area contributed by atoms with Crippen molar-refractivity contribution in [3.8, 4) is 17.2 Å². The van der Waals surface area contributed by atoms with E-state index < -0.39 is 0 Å². The molecule has 0 aliphatic heterocycles. The minimum atomic E-state index is 0.209. The monoisotopic (exact) mass is 262 g/mol. The number of hydrogen-bond acceptors (Lipinski definition) is 2. The van der Waals surface area contributed by atoms with Crippen molar-refractivity contribution in [1.82, 2.24) is 5.32 Å². The number of nitriles is 1. The molecule has 100 valence electrons. The number of rotatable bonds is 4. The summed E-state index contributed by atoms with van der Waals surface area (Å²) < 4.78 is 0. The first-order valence-electron chi connectivity index (χ1n) is 7.16. The Hall–Kier alpha value is -2.11. The standard InChI is InChI=1S/C18H18N2/c1-2-13(11-12-19)20-18-16-9-5-3-7-14(16)15-8-4-6-10-17(15)18/h3-10,13,18,20H,2,11H2,1H3. The summed E-state index contributed by atoms with van der Waals surface area (Å²) in [6, 6.07) is 19.8. The molecule has 0 heterocycles. The van der Waals surface area contributed by atoms with E-state index in [1.165, 1.54) is 22.3 Å². The number of nitrogens with zero attached hydrogens (tertiary/aromatic N) is 1. The van der Waals surface area contributed by atoms with Crippen LogP contribution in [0.5, 0.6) is 0 Å². The summed E-state index contributed by atoms with van der Waals surface area (Å²) in [5, 5.41) is 12.6. The van der Waals surface area contributed by atoms with Crippen LogP contribution in [0.1, 0.15) is 36.9 Å². The van der Waals surface area contributed by atoms with Gasteiger partial charge in [0.1, 0.15) is 0 Å². The van der Waals surface area contributed by atoms with Crippen LogP contribution in [0.3, 0.4) is 0 Å². The van der Waals surface area contributed by atoms with E-state index in [0.29, 0.717) is 6.42 Å². The van der Waals surface area contributed by atoms with Gasteiger partial charge in [-0.2, -0.15) is 5.26 Å². The average Bonchev–Trinajstić information content (AvgIpc) is 2.82. The van der Waals surface area contributed by atoms with Gasteiger partial charge in [0.2, 0.25) is 0 Å². The van der Waals surface area contributed by atoms with Crippen LogP contribution in [-0.2, 0) is 0 Å². The maximum absolute atomic E-state index is 8.94. The van der Waals surface area contributed by atoms with Gasteiger partial charge in [-0.15, -0.1) is 0 Å². The van der Waals surface area contributed by atoms with Crippen molar-refractivity contribution < 1.29 is 0 Å². The highest BCUT2D eigenvalue weighted by Gasteiger charge is 2.28. The maximum Gasteiger partial charge on any atom is 0.0638 e. The second-order valence-corrected chi connectivity index (χ2v) is 5.24. The van der Waals surface area contributed by atoms with Crippen molar-refractivity contribution in [2.45, 2.75) is 31.8 Å². The molecule has 0 bridgehead atoms. The fourth-order valence-corrected chi connectivity index (χ4v) is 3.00. The second-order valence-electron chi connectivity index (χ2n) is 5.24. The minimum absolute atomic E-state index is 0.209. The molecule has 3 rings (SSSR count). The Morgan fingerprint density at radius 1 is 1.05 bits per heavy atom. The van der Waals surface area contributed by atoms with Crippen molar-refractivity contribution in [2.24, 2.45) is 0 Å². The van der Waals surface area contributed by atoms with Crippen LogP contribution < -0.4 is 5.32 Å². The molecule has 1 aliphatic rings. The average molecular weight is 262 g/mol. The molecule has 2 aromatic rings. The molecule has 0 saturated heterocycles. The van der Waals surface area contributed by atoms with E-state index in [0.717, 1.165) is 6.42 Å². The largest absolute Gasteiger partial charge is 0.302 e. The summed E-state index contributed by atoms with van der Waals surface area (Å²) >= 11 is 0. The summed E-state index contributed by atoms with van der Waals surface area (Å²) in [7, 11) is 0. The van der Waals surface area contributed by atoms with Crippen LogP contribution in [0.25, 0.3) is 11.1 Å². The van der Waals surface area contributed by atoms with Gasteiger partial charge in [0.25, 0.3) is 0 Å². The fraction of sp³-hybridized carbons (Fsp3) is 0.278. The zero-order chi connectivity index (χ0) is 13.9. The molecular weight excluding hydrogens is 244 g/mol. The number of hydrogen-bond donors (Lipinski definition) is 1. The molecular formula is C18H18N2. The van der Waals surface area contributed by atoms with Crippen LogP contribution in [0.15, 0.2) is 48.5 Å². The zero-order valence-electron chi connectivity index (χ0n) is 11.6. The Balaban J connectivity index is 2.01. The molecule has 2 aromatic carbocycles. The van der Waals surface area contributed by atoms with Crippen LogP contribution in [0.2, 0.25) is 0 Å². The maximum atomic E-state index is 8.94. The summed E-state index contributed by atoms with van der Waals surface area (Å²) in [5.74, 6) is 0. The Morgan fingerprint density at radius 3 is 2.10 bits per heavy atom. The summed E-state index contributed by atoms with van der Waals surface area (Å²) in [6.07, 6.45) is 1.52. The van der Waals surface area contributed by atoms with E-state index >= 15 is 0 Å².